The number of likely N-dealkylation sites (tertiary alicyclic amines) is 1. The third-order valence-electron chi connectivity index (χ3n) is 3.82. The molecule has 1 aliphatic rings. The predicted molar refractivity (Wildman–Crippen MR) is 79.4 cm³/mol. The molecule has 0 radical (unpaired) electrons. The van der Waals surface area contributed by atoms with Crippen molar-refractivity contribution in [2.45, 2.75) is 18.9 Å². The number of hydrogen-bond acceptors (Lipinski definition) is 4. The Balaban J connectivity index is 1.74. The number of aromatic amines is 1. The van der Waals surface area contributed by atoms with Gasteiger partial charge >= 0.3 is 0 Å². The summed E-state index contributed by atoms with van der Waals surface area (Å²) in [6.07, 6.45) is 3.75. The van der Waals surface area contributed by atoms with Crippen LogP contribution in [0.15, 0.2) is 12.3 Å². The number of hydrogen-bond donors (Lipinski definition) is 2. The number of aromatic nitrogens is 4. The number of nitrogens with zero attached hydrogens (tertiary/aromatic N) is 4. The van der Waals surface area contributed by atoms with E-state index in [9.17, 15) is 4.79 Å². The first-order valence-electron chi connectivity index (χ1n) is 6.80. The fraction of sp³-hybridized carbons (Fsp3) is 0.462. The van der Waals surface area contributed by atoms with E-state index in [-0.39, 0.29) is 5.91 Å². The van der Waals surface area contributed by atoms with Gasteiger partial charge < -0.3 is 5.32 Å². The lowest BCUT2D eigenvalue weighted by molar-refractivity contribution is 0.102. The molecule has 3 heterocycles. The van der Waals surface area contributed by atoms with Gasteiger partial charge in [0.25, 0.3) is 5.91 Å². The smallest absolute Gasteiger partial charge is 0.276 e. The van der Waals surface area contributed by atoms with Gasteiger partial charge in [0, 0.05) is 7.05 Å². The maximum Gasteiger partial charge on any atom is 0.276 e. The number of aryl methyl sites for hydroxylation is 1. The summed E-state index contributed by atoms with van der Waals surface area (Å²) in [5, 5.41) is 14.1. The predicted octanol–water partition coefficient (Wildman–Crippen LogP) is 1.82. The van der Waals surface area contributed by atoms with E-state index in [4.69, 9.17) is 11.6 Å². The monoisotopic (exact) mass is 308 g/mol. The Hall–Kier alpha value is -1.86. The van der Waals surface area contributed by atoms with Crippen LogP contribution in [-0.2, 0) is 7.05 Å². The van der Waals surface area contributed by atoms with Crippen molar-refractivity contribution in [3.63, 3.8) is 0 Å². The summed E-state index contributed by atoms with van der Waals surface area (Å²) in [6, 6.07) is 2.10. The van der Waals surface area contributed by atoms with E-state index in [1.54, 1.807) is 13.1 Å². The molecular weight excluding hydrogens is 292 g/mol. The molecule has 1 aliphatic heterocycles. The van der Waals surface area contributed by atoms with Gasteiger partial charge in [-0.1, -0.05) is 11.6 Å². The molecular formula is C13H17ClN6O. The van der Waals surface area contributed by atoms with Crippen LogP contribution in [0.25, 0.3) is 0 Å². The highest BCUT2D eigenvalue weighted by Crippen LogP contribution is 2.29. The first-order chi connectivity index (χ1) is 10.1. The highest BCUT2D eigenvalue weighted by atomic mass is 35.5. The Morgan fingerprint density at radius 3 is 2.95 bits per heavy atom. The minimum atomic E-state index is -0.298. The molecule has 1 fully saturated rings. The number of amides is 1. The number of rotatable bonds is 3. The van der Waals surface area contributed by atoms with Gasteiger partial charge in [-0.2, -0.15) is 10.2 Å². The molecule has 0 aromatic carbocycles. The SMILES string of the molecule is CN1CCCC1c1cc(C(=O)Nc2cnn(C)c2Cl)n[nH]1. The molecule has 0 aliphatic carbocycles. The summed E-state index contributed by atoms with van der Waals surface area (Å²) < 4.78 is 1.49. The number of carbonyl (C=O) groups is 1. The van der Waals surface area contributed by atoms with Crippen molar-refractivity contribution in [1.29, 1.82) is 0 Å². The van der Waals surface area contributed by atoms with Crippen molar-refractivity contribution >= 4 is 23.2 Å². The number of H-pyrrole nitrogens is 1. The van der Waals surface area contributed by atoms with Gasteiger partial charge in [-0.15, -0.1) is 0 Å². The Kier molecular flexibility index (Phi) is 3.69. The molecule has 2 aromatic heterocycles. The highest BCUT2D eigenvalue weighted by Gasteiger charge is 2.25. The standard InChI is InChI=1S/C13H17ClN6O/c1-19-5-3-4-11(19)8-6-9(18-17-8)13(21)16-10-7-15-20(2)12(10)14/h6-7,11H,3-5H2,1-2H3,(H,16,21)(H,17,18). The second-order valence-electron chi connectivity index (χ2n) is 5.27. The lowest BCUT2D eigenvalue weighted by Gasteiger charge is -2.16. The fourth-order valence-electron chi connectivity index (χ4n) is 2.62. The molecule has 1 saturated heterocycles. The van der Waals surface area contributed by atoms with Crippen molar-refractivity contribution in [1.82, 2.24) is 24.9 Å². The minimum absolute atomic E-state index is 0.298. The maximum atomic E-state index is 12.2. The van der Waals surface area contributed by atoms with Crippen molar-refractivity contribution in [3.8, 4) is 0 Å². The van der Waals surface area contributed by atoms with Crippen LogP contribution in [-0.4, -0.2) is 44.4 Å². The van der Waals surface area contributed by atoms with Gasteiger partial charge in [-0.3, -0.25) is 19.5 Å². The quantitative estimate of drug-likeness (QED) is 0.906. The van der Waals surface area contributed by atoms with Crippen LogP contribution in [0.3, 0.4) is 0 Å². The van der Waals surface area contributed by atoms with Gasteiger partial charge in [0.05, 0.1) is 23.6 Å². The lowest BCUT2D eigenvalue weighted by Crippen LogP contribution is -2.17. The van der Waals surface area contributed by atoms with Crippen molar-refractivity contribution in [2.24, 2.45) is 7.05 Å². The van der Waals surface area contributed by atoms with Crippen LogP contribution in [0.1, 0.15) is 35.1 Å². The second kappa shape index (κ2) is 5.50. The molecule has 3 rings (SSSR count). The van der Waals surface area contributed by atoms with E-state index in [0.717, 1.165) is 25.1 Å². The van der Waals surface area contributed by atoms with Crippen molar-refractivity contribution in [2.75, 3.05) is 18.9 Å². The summed E-state index contributed by atoms with van der Waals surface area (Å²) in [5.41, 5.74) is 1.80. The van der Waals surface area contributed by atoms with Crippen LogP contribution in [0.4, 0.5) is 5.69 Å². The van der Waals surface area contributed by atoms with Crippen LogP contribution in [0.5, 0.6) is 0 Å². The molecule has 1 unspecified atom stereocenters. The largest absolute Gasteiger partial charge is 0.317 e. The van der Waals surface area contributed by atoms with Gasteiger partial charge in [0.1, 0.15) is 5.15 Å². The molecule has 2 aromatic rings. The van der Waals surface area contributed by atoms with E-state index in [0.29, 0.717) is 22.6 Å². The van der Waals surface area contributed by atoms with E-state index in [2.05, 4.69) is 32.6 Å². The van der Waals surface area contributed by atoms with E-state index >= 15 is 0 Å². The summed E-state index contributed by atoms with van der Waals surface area (Å²) in [4.78, 5) is 14.4. The Morgan fingerprint density at radius 1 is 1.52 bits per heavy atom. The molecule has 0 bridgehead atoms. The third kappa shape index (κ3) is 2.66. The topological polar surface area (TPSA) is 78.8 Å². The third-order valence-corrected chi connectivity index (χ3v) is 4.27. The van der Waals surface area contributed by atoms with Gasteiger partial charge in [-0.05, 0) is 32.5 Å². The maximum absolute atomic E-state index is 12.2. The number of carbonyl (C=O) groups excluding carboxylic acids is 1. The van der Waals surface area contributed by atoms with Gasteiger partial charge in [0.2, 0.25) is 0 Å². The van der Waals surface area contributed by atoms with E-state index < -0.39 is 0 Å². The first kappa shape index (κ1) is 14.1. The van der Waals surface area contributed by atoms with E-state index in [1.165, 1.54) is 10.9 Å². The Morgan fingerprint density at radius 2 is 2.33 bits per heavy atom. The fourth-order valence-corrected chi connectivity index (χ4v) is 2.76. The molecule has 2 N–H and O–H groups in total. The molecule has 7 nitrogen and oxygen atoms in total. The van der Waals surface area contributed by atoms with Gasteiger partial charge in [-0.25, -0.2) is 0 Å². The van der Waals surface area contributed by atoms with E-state index in [1.807, 2.05) is 0 Å². The summed E-state index contributed by atoms with van der Waals surface area (Å²) >= 11 is 6.02. The molecule has 112 valence electrons. The Labute approximate surface area is 127 Å². The molecule has 0 saturated carbocycles. The second-order valence-corrected chi connectivity index (χ2v) is 5.63. The molecule has 8 heteroatoms. The van der Waals surface area contributed by atoms with Gasteiger partial charge in [0.15, 0.2) is 5.69 Å². The summed E-state index contributed by atoms with van der Waals surface area (Å²) in [6.45, 7) is 1.07. The minimum Gasteiger partial charge on any atom is -0.317 e. The molecule has 0 spiro atoms. The molecule has 1 atom stereocenters. The number of nitrogens with one attached hydrogen (secondary N) is 2. The number of anilines is 1. The zero-order valence-electron chi connectivity index (χ0n) is 11.9. The van der Waals surface area contributed by atoms with Crippen LogP contribution in [0, 0.1) is 0 Å². The van der Waals surface area contributed by atoms with Crippen LogP contribution in [0.2, 0.25) is 5.15 Å². The highest BCUT2D eigenvalue weighted by molar-refractivity contribution is 6.32. The Bertz CT molecular complexity index is 663. The van der Waals surface area contributed by atoms with Crippen LogP contribution < -0.4 is 5.32 Å². The van der Waals surface area contributed by atoms with Crippen LogP contribution >= 0.6 is 11.6 Å². The normalized spacial score (nSPS) is 19.1. The molecule has 21 heavy (non-hydrogen) atoms. The molecule has 1 amide bonds. The average Bonchev–Trinajstić information content (AvgIpc) is 3.15. The average molecular weight is 309 g/mol. The summed E-state index contributed by atoms with van der Waals surface area (Å²) in [7, 11) is 3.79. The number of halogens is 1. The van der Waals surface area contributed by atoms with Crippen molar-refractivity contribution in [3.05, 3.63) is 28.8 Å². The van der Waals surface area contributed by atoms with Crippen molar-refractivity contribution < 1.29 is 4.79 Å². The zero-order chi connectivity index (χ0) is 15.0. The zero-order valence-corrected chi connectivity index (χ0v) is 12.7. The lowest BCUT2D eigenvalue weighted by atomic mass is 10.1. The first-order valence-corrected chi connectivity index (χ1v) is 7.18. The summed E-state index contributed by atoms with van der Waals surface area (Å²) in [5.74, 6) is -0.298.